The lowest BCUT2D eigenvalue weighted by atomic mass is 9.82. The van der Waals surface area contributed by atoms with Crippen LogP contribution in [0.15, 0.2) is 22.7 Å². The summed E-state index contributed by atoms with van der Waals surface area (Å²) in [5.74, 6) is -3.78. The minimum absolute atomic E-state index is 0.0532. The first kappa shape index (κ1) is 14.6. The largest absolute Gasteiger partial charge is 0.294 e. The van der Waals surface area contributed by atoms with Gasteiger partial charge in [-0.1, -0.05) is 12.1 Å². The third-order valence-electron chi connectivity index (χ3n) is 3.47. The quantitative estimate of drug-likeness (QED) is 0.712. The van der Waals surface area contributed by atoms with Gasteiger partial charge in [-0.3, -0.25) is 4.79 Å². The number of rotatable bonds is 3. The monoisotopic (exact) mass is 334 g/mol. The molecule has 1 atom stereocenters. The number of Topliss-reactive ketones (excluding diaryl/α,β-unsaturated/α-hetero) is 1. The fourth-order valence-corrected chi connectivity index (χ4v) is 3.03. The zero-order valence-corrected chi connectivity index (χ0v) is 11.9. The lowest BCUT2D eigenvalue weighted by molar-refractivity contribution is -0.0521. The molecule has 0 spiro atoms. The number of alkyl halides is 2. The van der Waals surface area contributed by atoms with Gasteiger partial charge in [-0.25, -0.2) is 13.2 Å². The molecule has 0 radical (unpaired) electrons. The Kier molecular flexibility index (Phi) is 4.33. The van der Waals surface area contributed by atoms with Crippen LogP contribution in [-0.4, -0.2) is 11.7 Å². The Bertz CT molecular complexity index is 488. The summed E-state index contributed by atoms with van der Waals surface area (Å²) in [5.41, 5.74) is 0.230. The zero-order valence-electron chi connectivity index (χ0n) is 10.3. The molecule has 0 heterocycles. The highest BCUT2D eigenvalue weighted by atomic mass is 79.9. The lowest BCUT2D eigenvalue weighted by Crippen LogP contribution is -2.27. The van der Waals surface area contributed by atoms with Crippen LogP contribution >= 0.6 is 15.9 Å². The van der Waals surface area contributed by atoms with Crippen molar-refractivity contribution >= 4 is 21.7 Å². The van der Waals surface area contributed by atoms with Crippen LogP contribution < -0.4 is 0 Å². The van der Waals surface area contributed by atoms with Gasteiger partial charge in [0, 0.05) is 24.8 Å². The van der Waals surface area contributed by atoms with Crippen LogP contribution in [0.4, 0.5) is 13.2 Å². The summed E-state index contributed by atoms with van der Waals surface area (Å²) in [6.45, 7) is 0. The SMILES string of the molecule is O=C(CC1CCCC(F)(F)C1)c1cccc(F)c1Br. The van der Waals surface area contributed by atoms with E-state index in [9.17, 15) is 18.0 Å². The maximum Gasteiger partial charge on any atom is 0.248 e. The fourth-order valence-electron chi connectivity index (χ4n) is 2.54. The first-order valence-corrected chi connectivity index (χ1v) is 7.03. The molecule has 0 bridgehead atoms. The highest BCUT2D eigenvalue weighted by Gasteiger charge is 2.37. The molecule has 1 aliphatic rings. The van der Waals surface area contributed by atoms with Gasteiger partial charge >= 0.3 is 0 Å². The van der Waals surface area contributed by atoms with Crippen molar-refractivity contribution < 1.29 is 18.0 Å². The van der Waals surface area contributed by atoms with Gasteiger partial charge in [0.15, 0.2) is 5.78 Å². The van der Waals surface area contributed by atoms with Gasteiger partial charge in [-0.05, 0) is 40.8 Å². The predicted molar refractivity (Wildman–Crippen MR) is 70.0 cm³/mol. The minimum Gasteiger partial charge on any atom is -0.294 e. The number of halogens is 4. The molecule has 1 fully saturated rings. The Morgan fingerprint density at radius 3 is 2.84 bits per heavy atom. The summed E-state index contributed by atoms with van der Waals surface area (Å²) in [5, 5.41) is 0. The maximum atomic E-state index is 13.3. The van der Waals surface area contributed by atoms with Crippen LogP contribution in [0.5, 0.6) is 0 Å². The highest BCUT2D eigenvalue weighted by molar-refractivity contribution is 9.10. The van der Waals surface area contributed by atoms with E-state index in [-0.39, 0.29) is 41.0 Å². The molecule has 0 aliphatic heterocycles. The van der Waals surface area contributed by atoms with Crippen LogP contribution in [0.2, 0.25) is 0 Å². The van der Waals surface area contributed by atoms with E-state index in [1.165, 1.54) is 18.2 Å². The van der Waals surface area contributed by atoms with E-state index in [4.69, 9.17) is 0 Å². The predicted octanol–water partition coefficient (Wildman–Crippen LogP) is 4.99. The number of ketones is 1. The van der Waals surface area contributed by atoms with Gasteiger partial charge in [0.05, 0.1) is 4.47 Å². The van der Waals surface area contributed by atoms with E-state index in [1.807, 2.05) is 0 Å². The van der Waals surface area contributed by atoms with E-state index in [0.29, 0.717) is 12.8 Å². The first-order valence-electron chi connectivity index (χ1n) is 6.24. The highest BCUT2D eigenvalue weighted by Crippen LogP contribution is 2.38. The molecule has 5 heteroatoms. The van der Waals surface area contributed by atoms with E-state index in [0.717, 1.165) is 0 Å². The summed E-state index contributed by atoms with van der Waals surface area (Å²) >= 11 is 3.02. The average Bonchev–Trinajstić information content (AvgIpc) is 2.31. The maximum absolute atomic E-state index is 13.3. The Balaban J connectivity index is 2.07. The number of carbonyl (C=O) groups is 1. The van der Waals surface area contributed by atoms with Gasteiger partial charge in [0.25, 0.3) is 0 Å². The number of hydrogen-bond acceptors (Lipinski definition) is 1. The molecular formula is C14H14BrF3O. The normalized spacial score (nSPS) is 22.2. The number of carbonyl (C=O) groups excluding carboxylic acids is 1. The molecule has 1 aromatic rings. The van der Waals surface area contributed by atoms with Crippen molar-refractivity contribution in [1.29, 1.82) is 0 Å². The molecule has 1 saturated carbocycles. The van der Waals surface area contributed by atoms with Crippen LogP contribution in [0, 0.1) is 11.7 Å². The lowest BCUT2D eigenvalue weighted by Gasteiger charge is -2.28. The smallest absolute Gasteiger partial charge is 0.248 e. The van der Waals surface area contributed by atoms with E-state index in [1.54, 1.807) is 0 Å². The molecule has 2 rings (SSSR count). The summed E-state index contributed by atoms with van der Waals surface area (Å²) < 4.78 is 40.0. The molecule has 0 aromatic heterocycles. The topological polar surface area (TPSA) is 17.1 Å². The Morgan fingerprint density at radius 2 is 2.16 bits per heavy atom. The average molecular weight is 335 g/mol. The zero-order chi connectivity index (χ0) is 14.0. The fraction of sp³-hybridized carbons (Fsp3) is 0.500. The van der Waals surface area contributed by atoms with Gasteiger partial charge < -0.3 is 0 Å². The van der Waals surface area contributed by atoms with E-state index >= 15 is 0 Å². The van der Waals surface area contributed by atoms with Crippen molar-refractivity contribution in [2.24, 2.45) is 5.92 Å². The van der Waals surface area contributed by atoms with Gasteiger partial charge in [0.2, 0.25) is 5.92 Å². The molecule has 1 nitrogen and oxygen atoms in total. The first-order chi connectivity index (χ1) is 8.89. The Labute approximate surface area is 118 Å². The molecule has 0 saturated heterocycles. The van der Waals surface area contributed by atoms with Crippen LogP contribution in [0.3, 0.4) is 0 Å². The molecule has 104 valence electrons. The number of benzene rings is 1. The Morgan fingerprint density at radius 1 is 1.42 bits per heavy atom. The van der Waals surface area contributed by atoms with Crippen molar-refractivity contribution in [1.82, 2.24) is 0 Å². The molecule has 1 aromatic carbocycles. The summed E-state index contributed by atoms with van der Waals surface area (Å²) in [7, 11) is 0. The molecule has 19 heavy (non-hydrogen) atoms. The molecule has 1 unspecified atom stereocenters. The third-order valence-corrected chi connectivity index (χ3v) is 4.27. The van der Waals surface area contributed by atoms with Crippen LogP contribution in [-0.2, 0) is 0 Å². The van der Waals surface area contributed by atoms with Crippen LogP contribution in [0.1, 0.15) is 42.5 Å². The second kappa shape index (κ2) is 5.65. The number of hydrogen-bond donors (Lipinski definition) is 0. The summed E-state index contributed by atoms with van der Waals surface area (Å²) in [4.78, 5) is 12.1. The summed E-state index contributed by atoms with van der Waals surface area (Å²) in [6.07, 6.45) is 0.786. The molecule has 1 aliphatic carbocycles. The van der Waals surface area contributed by atoms with Crippen molar-refractivity contribution in [3.05, 3.63) is 34.1 Å². The van der Waals surface area contributed by atoms with Crippen molar-refractivity contribution in [2.75, 3.05) is 0 Å². The molecule has 0 N–H and O–H groups in total. The third kappa shape index (κ3) is 3.59. The standard InChI is InChI=1S/C14H14BrF3O/c15-13-10(4-1-5-11(13)16)12(19)7-9-3-2-6-14(17,18)8-9/h1,4-5,9H,2-3,6-8H2. The minimum atomic E-state index is -2.66. The van der Waals surface area contributed by atoms with Crippen molar-refractivity contribution in [3.63, 3.8) is 0 Å². The van der Waals surface area contributed by atoms with Crippen molar-refractivity contribution in [3.8, 4) is 0 Å². The molecular weight excluding hydrogens is 321 g/mol. The Hall–Kier alpha value is -0.840. The van der Waals surface area contributed by atoms with Crippen molar-refractivity contribution in [2.45, 2.75) is 38.0 Å². The van der Waals surface area contributed by atoms with E-state index < -0.39 is 11.7 Å². The van der Waals surface area contributed by atoms with Gasteiger partial charge in [0.1, 0.15) is 5.82 Å². The van der Waals surface area contributed by atoms with Gasteiger partial charge in [-0.15, -0.1) is 0 Å². The van der Waals surface area contributed by atoms with Crippen LogP contribution in [0.25, 0.3) is 0 Å². The second-order valence-corrected chi connectivity index (χ2v) is 5.84. The molecule has 0 amide bonds. The second-order valence-electron chi connectivity index (χ2n) is 5.05. The van der Waals surface area contributed by atoms with Gasteiger partial charge in [-0.2, -0.15) is 0 Å². The summed E-state index contributed by atoms with van der Waals surface area (Å²) in [6, 6.07) is 4.20. The van der Waals surface area contributed by atoms with E-state index in [2.05, 4.69) is 15.9 Å².